The number of hydrogen-bond donors (Lipinski definition) is 1. The Hall–Kier alpha value is -3.76. The van der Waals surface area contributed by atoms with E-state index >= 15 is 0 Å². The van der Waals surface area contributed by atoms with Crippen molar-refractivity contribution >= 4 is 11.6 Å². The summed E-state index contributed by atoms with van der Waals surface area (Å²) in [7, 11) is 0. The van der Waals surface area contributed by atoms with Crippen LogP contribution in [0.2, 0.25) is 0 Å². The molecule has 1 N–H and O–H groups in total. The summed E-state index contributed by atoms with van der Waals surface area (Å²) in [4.78, 5) is 35.0. The van der Waals surface area contributed by atoms with Crippen LogP contribution in [0.3, 0.4) is 0 Å². The summed E-state index contributed by atoms with van der Waals surface area (Å²) in [5.74, 6) is 0.484. The quantitative estimate of drug-likeness (QED) is 0.354. The number of carbonyl (C=O) groups is 1. The zero-order valence-corrected chi connectivity index (χ0v) is 16.2. The molecule has 2 aromatic heterocycles. The fraction of sp³-hybridized carbons (Fsp3) is 0.368. The largest absolute Gasteiger partial charge is 0.351 e. The van der Waals surface area contributed by atoms with Crippen LogP contribution in [0.4, 0.5) is 5.69 Å². The van der Waals surface area contributed by atoms with Crippen LogP contribution in [0.25, 0.3) is 5.69 Å². The van der Waals surface area contributed by atoms with E-state index in [-0.39, 0.29) is 23.0 Å². The van der Waals surface area contributed by atoms with Gasteiger partial charge in [-0.3, -0.25) is 19.5 Å². The third-order valence-corrected chi connectivity index (χ3v) is 4.99. The smallest absolute Gasteiger partial charge is 0.345 e. The van der Waals surface area contributed by atoms with E-state index in [2.05, 4.69) is 15.5 Å². The van der Waals surface area contributed by atoms with Crippen molar-refractivity contribution in [2.75, 3.05) is 6.54 Å². The Labute approximate surface area is 171 Å². The molecule has 0 spiro atoms. The lowest BCUT2D eigenvalue weighted by Gasteiger charge is -2.09. The van der Waals surface area contributed by atoms with E-state index in [0.29, 0.717) is 25.2 Å². The molecule has 0 saturated heterocycles. The van der Waals surface area contributed by atoms with Gasteiger partial charge in [0.25, 0.3) is 11.6 Å². The van der Waals surface area contributed by atoms with Gasteiger partial charge in [0.15, 0.2) is 5.69 Å². The summed E-state index contributed by atoms with van der Waals surface area (Å²) in [5.41, 5.74) is 0.555. The number of benzene rings is 1. The Morgan fingerprint density at radius 3 is 2.90 bits per heavy atom. The van der Waals surface area contributed by atoms with Crippen molar-refractivity contribution in [1.82, 2.24) is 29.4 Å². The summed E-state index contributed by atoms with van der Waals surface area (Å²) < 4.78 is 4.60. The summed E-state index contributed by atoms with van der Waals surface area (Å²) in [6.45, 7) is 1.52. The first-order chi connectivity index (χ1) is 14.5. The second kappa shape index (κ2) is 8.31. The average molecular weight is 411 g/mol. The van der Waals surface area contributed by atoms with Gasteiger partial charge in [0.05, 0.1) is 10.6 Å². The summed E-state index contributed by atoms with van der Waals surface area (Å²) >= 11 is 0. The SMILES string of the molecule is O=C(NCCCn1nc2n(c1=O)CCCC2)c1ccn(-c2cccc([N+](=O)[O-])c2)n1. The van der Waals surface area contributed by atoms with E-state index in [1.807, 2.05) is 0 Å². The van der Waals surface area contributed by atoms with Gasteiger partial charge in [-0.15, -0.1) is 0 Å². The lowest BCUT2D eigenvalue weighted by atomic mass is 10.2. The number of carbonyl (C=O) groups excluding carboxylic acids is 1. The van der Waals surface area contributed by atoms with Crippen molar-refractivity contribution in [2.45, 2.75) is 38.8 Å². The molecule has 0 aliphatic carbocycles. The number of fused-ring (bicyclic) bond motifs is 1. The maximum atomic E-state index is 12.3. The van der Waals surface area contributed by atoms with E-state index in [4.69, 9.17) is 0 Å². The Morgan fingerprint density at radius 2 is 2.10 bits per heavy atom. The molecule has 0 unspecified atom stereocenters. The molecule has 3 aromatic rings. The molecule has 4 rings (SSSR count). The Morgan fingerprint density at radius 1 is 1.23 bits per heavy atom. The molecule has 0 fully saturated rings. The lowest BCUT2D eigenvalue weighted by Crippen LogP contribution is -2.29. The highest BCUT2D eigenvalue weighted by Crippen LogP contribution is 2.16. The van der Waals surface area contributed by atoms with E-state index < -0.39 is 4.92 Å². The van der Waals surface area contributed by atoms with E-state index in [9.17, 15) is 19.7 Å². The first kappa shape index (κ1) is 19.6. The number of hydrogen-bond acceptors (Lipinski definition) is 6. The number of aryl methyl sites for hydroxylation is 2. The molecule has 11 nitrogen and oxygen atoms in total. The van der Waals surface area contributed by atoms with Gasteiger partial charge in [-0.2, -0.15) is 10.2 Å². The van der Waals surface area contributed by atoms with Crippen molar-refractivity contribution in [3.8, 4) is 5.69 Å². The van der Waals surface area contributed by atoms with Crippen LogP contribution < -0.4 is 11.0 Å². The fourth-order valence-corrected chi connectivity index (χ4v) is 3.45. The Bertz CT molecular complexity index is 1140. The minimum Gasteiger partial charge on any atom is -0.351 e. The third-order valence-electron chi connectivity index (χ3n) is 4.99. The number of nitro benzene ring substituents is 1. The van der Waals surface area contributed by atoms with Crippen LogP contribution in [0.5, 0.6) is 0 Å². The van der Waals surface area contributed by atoms with Crippen LogP contribution in [0.1, 0.15) is 35.6 Å². The zero-order chi connectivity index (χ0) is 21.1. The van der Waals surface area contributed by atoms with Crippen LogP contribution in [-0.2, 0) is 19.5 Å². The number of rotatable bonds is 7. The molecule has 11 heteroatoms. The molecule has 0 radical (unpaired) electrons. The molecule has 0 saturated carbocycles. The number of non-ortho nitro benzene ring substituents is 1. The summed E-state index contributed by atoms with van der Waals surface area (Å²) in [6, 6.07) is 7.55. The van der Waals surface area contributed by atoms with Gasteiger partial charge >= 0.3 is 5.69 Å². The normalized spacial score (nSPS) is 13.1. The van der Waals surface area contributed by atoms with Crippen molar-refractivity contribution in [3.63, 3.8) is 0 Å². The zero-order valence-electron chi connectivity index (χ0n) is 16.2. The molecule has 1 amide bonds. The van der Waals surface area contributed by atoms with Crippen molar-refractivity contribution in [1.29, 1.82) is 0 Å². The predicted molar refractivity (Wildman–Crippen MR) is 107 cm³/mol. The van der Waals surface area contributed by atoms with Gasteiger partial charge in [0.1, 0.15) is 5.82 Å². The summed E-state index contributed by atoms with van der Waals surface area (Å²) in [5, 5.41) is 22.2. The number of nitro groups is 1. The number of nitrogens with one attached hydrogen (secondary N) is 1. The van der Waals surface area contributed by atoms with E-state index in [0.717, 1.165) is 31.6 Å². The monoisotopic (exact) mass is 411 g/mol. The molecular weight excluding hydrogens is 390 g/mol. The van der Waals surface area contributed by atoms with Gasteiger partial charge in [-0.05, 0) is 31.4 Å². The van der Waals surface area contributed by atoms with Crippen LogP contribution in [0, 0.1) is 10.1 Å². The number of nitrogens with zero attached hydrogens (tertiary/aromatic N) is 6. The molecular formula is C19H21N7O4. The highest BCUT2D eigenvalue weighted by Gasteiger charge is 2.16. The van der Waals surface area contributed by atoms with Crippen LogP contribution in [-0.4, -0.2) is 41.5 Å². The lowest BCUT2D eigenvalue weighted by molar-refractivity contribution is -0.384. The first-order valence-corrected chi connectivity index (χ1v) is 9.78. The second-order valence-corrected chi connectivity index (χ2v) is 7.06. The molecule has 0 atom stereocenters. The predicted octanol–water partition coefficient (Wildman–Crippen LogP) is 1.30. The molecule has 1 aliphatic heterocycles. The maximum Gasteiger partial charge on any atom is 0.345 e. The average Bonchev–Trinajstić information content (AvgIpc) is 3.37. The fourth-order valence-electron chi connectivity index (χ4n) is 3.45. The number of aromatic nitrogens is 5. The third kappa shape index (κ3) is 4.00. The van der Waals surface area contributed by atoms with Gasteiger partial charge in [0.2, 0.25) is 0 Å². The van der Waals surface area contributed by atoms with E-state index in [1.54, 1.807) is 29.0 Å². The molecule has 0 bridgehead atoms. The Kier molecular flexibility index (Phi) is 5.42. The highest BCUT2D eigenvalue weighted by atomic mass is 16.6. The van der Waals surface area contributed by atoms with Gasteiger partial charge in [-0.25, -0.2) is 14.2 Å². The van der Waals surface area contributed by atoms with Crippen molar-refractivity contribution in [2.24, 2.45) is 0 Å². The van der Waals surface area contributed by atoms with Crippen molar-refractivity contribution < 1.29 is 9.72 Å². The summed E-state index contributed by atoms with van der Waals surface area (Å²) in [6.07, 6.45) is 5.01. The number of amides is 1. The highest BCUT2D eigenvalue weighted by molar-refractivity contribution is 5.92. The van der Waals surface area contributed by atoms with E-state index in [1.165, 1.54) is 21.5 Å². The minimum absolute atomic E-state index is 0.0507. The standard InChI is InChI=1S/C19H21N7O4/c27-18(16-8-12-24(21-16)14-5-3-6-15(13-14)26(29)30)20-9-4-11-25-19(28)23-10-2-1-7-17(23)22-25/h3,5-6,8,12-13H,1-2,4,7,9-11H2,(H,20,27). The van der Waals surface area contributed by atoms with Crippen LogP contribution >= 0.6 is 0 Å². The second-order valence-electron chi connectivity index (χ2n) is 7.06. The Balaban J connectivity index is 1.32. The van der Waals surface area contributed by atoms with Gasteiger partial charge < -0.3 is 5.32 Å². The first-order valence-electron chi connectivity index (χ1n) is 9.78. The molecule has 1 aromatic carbocycles. The van der Waals surface area contributed by atoms with Crippen molar-refractivity contribution in [3.05, 3.63) is 68.6 Å². The van der Waals surface area contributed by atoms with Gasteiger partial charge in [0, 0.05) is 44.4 Å². The maximum absolute atomic E-state index is 12.3. The van der Waals surface area contributed by atoms with Crippen LogP contribution in [0.15, 0.2) is 41.3 Å². The molecule has 3 heterocycles. The molecule has 30 heavy (non-hydrogen) atoms. The molecule has 1 aliphatic rings. The van der Waals surface area contributed by atoms with Gasteiger partial charge in [-0.1, -0.05) is 6.07 Å². The topological polar surface area (TPSA) is 130 Å². The molecule has 156 valence electrons. The minimum atomic E-state index is -0.484.